The molecular weight excluding hydrogens is 444 g/mol. The van der Waals surface area contributed by atoms with Crippen molar-refractivity contribution in [1.82, 2.24) is 4.72 Å². The summed E-state index contributed by atoms with van der Waals surface area (Å²) in [7, 11) is -0.657. The number of amides is 1. The summed E-state index contributed by atoms with van der Waals surface area (Å²) < 4.78 is 43.8. The standard InChI is InChI=1S/C24H26N2O6S/c1-17-13-20(33(28,29)25-15-18-7-5-4-6-8-18)10-12-22(17)32-16-24(27)26-21-11-9-19(30-2)14-23(21)31-3/h4-14,25H,15-16H2,1-3H3,(H,26,27). The van der Waals surface area contributed by atoms with E-state index in [2.05, 4.69) is 10.0 Å². The maximum Gasteiger partial charge on any atom is 0.262 e. The fourth-order valence-corrected chi connectivity index (χ4v) is 4.14. The van der Waals surface area contributed by atoms with Gasteiger partial charge in [-0.2, -0.15) is 0 Å². The van der Waals surface area contributed by atoms with Crippen molar-refractivity contribution in [3.05, 3.63) is 77.9 Å². The van der Waals surface area contributed by atoms with Crippen molar-refractivity contribution >= 4 is 21.6 Å². The van der Waals surface area contributed by atoms with Crippen LogP contribution in [0.4, 0.5) is 5.69 Å². The summed E-state index contributed by atoms with van der Waals surface area (Å²) in [6.45, 7) is 1.65. The van der Waals surface area contributed by atoms with E-state index >= 15 is 0 Å². The Hall–Kier alpha value is -3.56. The fraction of sp³-hybridized carbons (Fsp3) is 0.208. The van der Waals surface area contributed by atoms with Crippen LogP contribution in [0.5, 0.6) is 17.2 Å². The molecule has 0 atom stereocenters. The first-order valence-corrected chi connectivity index (χ1v) is 11.6. The largest absolute Gasteiger partial charge is 0.497 e. The van der Waals surface area contributed by atoms with Crippen LogP contribution < -0.4 is 24.2 Å². The lowest BCUT2D eigenvalue weighted by Gasteiger charge is -2.13. The molecule has 0 saturated carbocycles. The Morgan fingerprint density at radius 2 is 1.67 bits per heavy atom. The second kappa shape index (κ2) is 10.8. The summed E-state index contributed by atoms with van der Waals surface area (Å²) in [6.07, 6.45) is 0. The van der Waals surface area contributed by atoms with Crippen molar-refractivity contribution in [2.75, 3.05) is 26.1 Å². The number of ether oxygens (including phenoxy) is 3. The normalized spacial score (nSPS) is 11.0. The molecule has 0 aliphatic heterocycles. The Morgan fingerprint density at radius 1 is 0.909 bits per heavy atom. The number of sulfonamides is 1. The molecule has 0 bridgehead atoms. The van der Waals surface area contributed by atoms with Crippen LogP contribution in [-0.4, -0.2) is 35.2 Å². The molecule has 0 aromatic heterocycles. The molecule has 2 N–H and O–H groups in total. The van der Waals surface area contributed by atoms with Crippen LogP contribution in [0.15, 0.2) is 71.6 Å². The van der Waals surface area contributed by atoms with E-state index in [-0.39, 0.29) is 24.0 Å². The van der Waals surface area contributed by atoms with Crippen LogP contribution in [0.2, 0.25) is 0 Å². The van der Waals surface area contributed by atoms with Crippen LogP contribution in [0.25, 0.3) is 0 Å². The van der Waals surface area contributed by atoms with E-state index in [1.807, 2.05) is 30.3 Å². The molecular formula is C24H26N2O6S. The predicted octanol–water partition coefficient (Wildman–Crippen LogP) is 3.51. The van der Waals surface area contributed by atoms with Crippen molar-refractivity contribution < 1.29 is 27.4 Å². The zero-order valence-electron chi connectivity index (χ0n) is 18.6. The maximum atomic E-state index is 12.6. The van der Waals surface area contributed by atoms with Gasteiger partial charge in [-0.15, -0.1) is 0 Å². The van der Waals surface area contributed by atoms with Gasteiger partial charge in [-0.3, -0.25) is 4.79 Å². The zero-order valence-corrected chi connectivity index (χ0v) is 19.4. The molecule has 0 unspecified atom stereocenters. The lowest BCUT2D eigenvalue weighted by Crippen LogP contribution is -2.23. The van der Waals surface area contributed by atoms with E-state index in [4.69, 9.17) is 14.2 Å². The van der Waals surface area contributed by atoms with Crippen molar-refractivity contribution in [3.63, 3.8) is 0 Å². The minimum Gasteiger partial charge on any atom is -0.497 e. The second-order valence-electron chi connectivity index (χ2n) is 7.14. The van der Waals surface area contributed by atoms with E-state index in [0.29, 0.717) is 28.5 Å². The third kappa shape index (κ3) is 6.47. The van der Waals surface area contributed by atoms with Crippen molar-refractivity contribution in [1.29, 1.82) is 0 Å². The van der Waals surface area contributed by atoms with Gasteiger partial charge in [0, 0.05) is 12.6 Å². The van der Waals surface area contributed by atoms with Crippen LogP contribution >= 0.6 is 0 Å². The number of anilines is 1. The Kier molecular flexibility index (Phi) is 7.92. The van der Waals surface area contributed by atoms with Gasteiger partial charge in [-0.1, -0.05) is 30.3 Å². The Bertz CT molecular complexity index is 1210. The van der Waals surface area contributed by atoms with Gasteiger partial charge >= 0.3 is 0 Å². The molecule has 0 radical (unpaired) electrons. The first-order valence-electron chi connectivity index (χ1n) is 10.1. The Morgan fingerprint density at radius 3 is 2.33 bits per heavy atom. The zero-order chi connectivity index (χ0) is 23.8. The Balaban J connectivity index is 1.60. The summed E-state index contributed by atoms with van der Waals surface area (Å²) in [4.78, 5) is 12.5. The average Bonchev–Trinajstić information content (AvgIpc) is 2.83. The first-order chi connectivity index (χ1) is 15.8. The first kappa shape index (κ1) is 24.1. The fourth-order valence-electron chi connectivity index (χ4n) is 3.04. The van der Waals surface area contributed by atoms with Gasteiger partial charge in [0.15, 0.2) is 6.61 Å². The smallest absolute Gasteiger partial charge is 0.262 e. The van der Waals surface area contributed by atoms with Gasteiger partial charge < -0.3 is 19.5 Å². The third-order valence-electron chi connectivity index (χ3n) is 4.81. The van der Waals surface area contributed by atoms with E-state index in [1.54, 1.807) is 32.2 Å². The molecule has 0 spiro atoms. The number of nitrogens with one attached hydrogen (secondary N) is 2. The molecule has 0 aliphatic carbocycles. The maximum absolute atomic E-state index is 12.6. The highest BCUT2D eigenvalue weighted by Gasteiger charge is 2.16. The number of carbonyl (C=O) groups is 1. The summed E-state index contributed by atoms with van der Waals surface area (Å²) in [5.74, 6) is 1.08. The molecule has 0 heterocycles. The SMILES string of the molecule is COc1ccc(NC(=O)COc2ccc(S(=O)(=O)NCc3ccccc3)cc2C)c(OC)c1. The molecule has 0 aliphatic rings. The predicted molar refractivity (Wildman–Crippen MR) is 125 cm³/mol. The highest BCUT2D eigenvalue weighted by Crippen LogP contribution is 2.29. The van der Waals surface area contributed by atoms with E-state index in [1.165, 1.54) is 25.3 Å². The topological polar surface area (TPSA) is 103 Å². The van der Waals surface area contributed by atoms with Crippen molar-refractivity contribution in [3.8, 4) is 17.2 Å². The summed E-state index contributed by atoms with van der Waals surface area (Å²) >= 11 is 0. The molecule has 3 aromatic rings. The summed E-state index contributed by atoms with van der Waals surface area (Å²) in [6, 6.07) is 18.8. The average molecular weight is 471 g/mol. The molecule has 33 heavy (non-hydrogen) atoms. The number of methoxy groups -OCH3 is 2. The highest BCUT2D eigenvalue weighted by atomic mass is 32.2. The minimum atomic E-state index is -3.69. The van der Waals surface area contributed by atoms with Gasteiger partial charge in [0.1, 0.15) is 17.2 Å². The van der Waals surface area contributed by atoms with Crippen molar-refractivity contribution in [2.24, 2.45) is 0 Å². The second-order valence-corrected chi connectivity index (χ2v) is 8.91. The van der Waals surface area contributed by atoms with Gasteiger partial charge in [-0.25, -0.2) is 13.1 Å². The molecule has 3 rings (SSSR count). The lowest BCUT2D eigenvalue weighted by atomic mass is 10.2. The Labute approximate surface area is 193 Å². The van der Waals surface area contributed by atoms with Gasteiger partial charge in [0.2, 0.25) is 10.0 Å². The van der Waals surface area contributed by atoms with Crippen molar-refractivity contribution in [2.45, 2.75) is 18.4 Å². The van der Waals surface area contributed by atoms with E-state index in [9.17, 15) is 13.2 Å². The van der Waals surface area contributed by atoms with Gasteiger partial charge in [0.05, 0.1) is 24.8 Å². The number of rotatable bonds is 10. The number of hydrogen-bond donors (Lipinski definition) is 2. The number of benzene rings is 3. The summed E-state index contributed by atoms with van der Waals surface area (Å²) in [5.41, 5.74) is 1.93. The molecule has 9 heteroatoms. The third-order valence-corrected chi connectivity index (χ3v) is 6.21. The molecule has 1 amide bonds. The minimum absolute atomic E-state index is 0.121. The van der Waals surface area contributed by atoms with E-state index < -0.39 is 10.0 Å². The quantitative estimate of drug-likeness (QED) is 0.470. The molecule has 174 valence electrons. The molecule has 0 saturated heterocycles. The van der Waals surface area contributed by atoms with Crippen LogP contribution in [0.1, 0.15) is 11.1 Å². The monoisotopic (exact) mass is 470 g/mol. The van der Waals surface area contributed by atoms with Crippen LogP contribution in [-0.2, 0) is 21.4 Å². The number of aryl methyl sites for hydroxylation is 1. The van der Waals surface area contributed by atoms with Crippen LogP contribution in [0, 0.1) is 6.92 Å². The van der Waals surface area contributed by atoms with Crippen LogP contribution in [0.3, 0.4) is 0 Å². The van der Waals surface area contributed by atoms with Gasteiger partial charge in [0.25, 0.3) is 5.91 Å². The summed E-state index contributed by atoms with van der Waals surface area (Å²) in [5, 5.41) is 2.72. The molecule has 0 fully saturated rings. The number of carbonyl (C=O) groups excluding carboxylic acids is 1. The van der Waals surface area contributed by atoms with Gasteiger partial charge in [-0.05, 0) is 48.4 Å². The highest BCUT2D eigenvalue weighted by molar-refractivity contribution is 7.89. The lowest BCUT2D eigenvalue weighted by molar-refractivity contribution is -0.118. The number of hydrogen-bond acceptors (Lipinski definition) is 6. The molecule has 8 nitrogen and oxygen atoms in total. The van der Waals surface area contributed by atoms with E-state index in [0.717, 1.165) is 5.56 Å². The molecule has 3 aromatic carbocycles.